The molecule has 0 saturated carbocycles. The van der Waals surface area contributed by atoms with Crippen LogP contribution in [0.25, 0.3) is 0 Å². The fraction of sp³-hybridized carbons (Fsp3) is 0.714. The largest absolute Gasteiger partial charge is 0.481 e. The number of carboxylic acid groups (broad SMARTS) is 1. The Labute approximate surface area is 114 Å². The highest BCUT2D eigenvalue weighted by Gasteiger charge is 2.33. The van der Waals surface area contributed by atoms with Gasteiger partial charge in [0.25, 0.3) is 0 Å². The lowest BCUT2D eigenvalue weighted by Gasteiger charge is -2.25. The number of nitrogens with zero attached hydrogens (tertiary/aromatic N) is 1. The summed E-state index contributed by atoms with van der Waals surface area (Å²) in [5.41, 5.74) is 0. The summed E-state index contributed by atoms with van der Waals surface area (Å²) in [5.74, 6) is -2.06. The first kappa shape index (κ1) is 15.7. The molecule has 0 aliphatic heterocycles. The molecule has 0 aromatic carbocycles. The van der Waals surface area contributed by atoms with E-state index >= 15 is 0 Å². The highest BCUT2D eigenvalue weighted by Crippen LogP contribution is 2.25. The second kappa shape index (κ2) is 7.28. The van der Waals surface area contributed by atoms with Crippen molar-refractivity contribution in [2.75, 3.05) is 20.1 Å². The van der Waals surface area contributed by atoms with Gasteiger partial charge < -0.3 is 15.3 Å². The standard InChI is InChI=1S/C14H24N2O3/c1-10(2)16(3)9-8-15-13(17)11-6-4-5-7-12(11)14(18)19/h4-5,10-12H,6-9H2,1-3H3,(H,15,17)(H,18,19). The van der Waals surface area contributed by atoms with Gasteiger partial charge in [0.05, 0.1) is 11.8 Å². The Morgan fingerprint density at radius 1 is 1.32 bits per heavy atom. The van der Waals surface area contributed by atoms with Gasteiger partial charge in [0.1, 0.15) is 0 Å². The molecule has 0 heterocycles. The molecular formula is C14H24N2O3. The molecule has 1 amide bonds. The van der Waals surface area contributed by atoms with E-state index in [1.54, 1.807) is 0 Å². The van der Waals surface area contributed by atoms with Crippen LogP contribution >= 0.6 is 0 Å². The maximum atomic E-state index is 12.0. The Bertz CT molecular complexity index is 353. The first-order valence-electron chi connectivity index (χ1n) is 6.79. The third-order valence-electron chi connectivity index (χ3n) is 3.73. The topological polar surface area (TPSA) is 69.6 Å². The minimum Gasteiger partial charge on any atom is -0.481 e. The number of hydrogen-bond donors (Lipinski definition) is 2. The molecule has 108 valence electrons. The molecule has 0 radical (unpaired) electrons. The van der Waals surface area contributed by atoms with Gasteiger partial charge >= 0.3 is 5.97 Å². The maximum absolute atomic E-state index is 12.0. The number of likely N-dealkylation sites (N-methyl/N-ethyl adjacent to an activating group) is 1. The molecule has 2 N–H and O–H groups in total. The SMILES string of the molecule is CC(C)N(C)CCNC(=O)C1CC=CCC1C(=O)O. The summed E-state index contributed by atoms with van der Waals surface area (Å²) in [6, 6.07) is 0.432. The van der Waals surface area contributed by atoms with Gasteiger partial charge in [-0.3, -0.25) is 9.59 Å². The third-order valence-corrected chi connectivity index (χ3v) is 3.73. The van der Waals surface area contributed by atoms with E-state index in [4.69, 9.17) is 5.11 Å². The van der Waals surface area contributed by atoms with E-state index in [9.17, 15) is 9.59 Å². The van der Waals surface area contributed by atoms with E-state index in [2.05, 4.69) is 24.1 Å². The first-order valence-corrected chi connectivity index (χ1v) is 6.79. The molecule has 19 heavy (non-hydrogen) atoms. The number of nitrogens with one attached hydrogen (secondary N) is 1. The summed E-state index contributed by atoms with van der Waals surface area (Å²) in [4.78, 5) is 25.3. The first-order chi connectivity index (χ1) is 8.93. The Balaban J connectivity index is 2.44. The van der Waals surface area contributed by atoms with E-state index < -0.39 is 17.8 Å². The van der Waals surface area contributed by atoms with E-state index in [0.29, 0.717) is 25.4 Å². The molecule has 5 heteroatoms. The van der Waals surface area contributed by atoms with Gasteiger partial charge in [0.2, 0.25) is 5.91 Å². The van der Waals surface area contributed by atoms with E-state index in [0.717, 1.165) is 6.54 Å². The number of carbonyl (C=O) groups excluding carboxylic acids is 1. The fourth-order valence-corrected chi connectivity index (χ4v) is 2.12. The van der Waals surface area contributed by atoms with Crippen molar-refractivity contribution in [1.29, 1.82) is 0 Å². The van der Waals surface area contributed by atoms with Gasteiger partial charge in [-0.05, 0) is 33.7 Å². The van der Waals surface area contributed by atoms with E-state index in [1.165, 1.54) is 0 Å². The number of amides is 1. The molecule has 0 fully saturated rings. The predicted octanol–water partition coefficient (Wildman–Crippen LogP) is 1.11. The van der Waals surface area contributed by atoms with Crippen molar-refractivity contribution in [2.24, 2.45) is 11.8 Å². The van der Waals surface area contributed by atoms with Crippen LogP contribution in [0.15, 0.2) is 12.2 Å². The molecule has 1 rings (SSSR count). The second-order valence-electron chi connectivity index (χ2n) is 5.36. The molecule has 5 nitrogen and oxygen atoms in total. The van der Waals surface area contributed by atoms with Crippen LogP contribution in [0.2, 0.25) is 0 Å². The van der Waals surface area contributed by atoms with Crippen LogP contribution < -0.4 is 5.32 Å². The number of carbonyl (C=O) groups is 2. The van der Waals surface area contributed by atoms with Crippen LogP contribution in [0.1, 0.15) is 26.7 Å². The summed E-state index contributed by atoms with van der Waals surface area (Å²) in [6.45, 7) is 5.51. The van der Waals surface area contributed by atoms with Crippen LogP contribution in [-0.4, -0.2) is 48.1 Å². The van der Waals surface area contributed by atoms with Crippen molar-refractivity contribution in [3.63, 3.8) is 0 Å². The summed E-state index contributed by atoms with van der Waals surface area (Å²) >= 11 is 0. The Kier molecular flexibility index (Phi) is 6.02. The van der Waals surface area contributed by atoms with Gasteiger partial charge in [0.15, 0.2) is 0 Å². The van der Waals surface area contributed by atoms with Crippen LogP contribution in [0.4, 0.5) is 0 Å². The lowest BCUT2D eigenvalue weighted by atomic mass is 9.82. The van der Waals surface area contributed by atoms with Gasteiger partial charge in [-0.1, -0.05) is 12.2 Å². The van der Waals surface area contributed by atoms with Crippen molar-refractivity contribution < 1.29 is 14.7 Å². The van der Waals surface area contributed by atoms with Crippen LogP contribution in [0, 0.1) is 11.8 Å². The average molecular weight is 268 g/mol. The summed E-state index contributed by atoms with van der Waals surface area (Å²) in [7, 11) is 2.00. The van der Waals surface area contributed by atoms with Crippen molar-refractivity contribution in [3.8, 4) is 0 Å². The van der Waals surface area contributed by atoms with Crippen LogP contribution in [0.3, 0.4) is 0 Å². The molecule has 0 aromatic heterocycles. The van der Waals surface area contributed by atoms with Crippen molar-refractivity contribution >= 4 is 11.9 Å². The van der Waals surface area contributed by atoms with Gasteiger partial charge in [-0.2, -0.15) is 0 Å². The minimum atomic E-state index is -0.885. The molecule has 1 aliphatic carbocycles. The minimum absolute atomic E-state index is 0.145. The summed E-state index contributed by atoms with van der Waals surface area (Å²) in [6.07, 6.45) is 4.70. The summed E-state index contributed by atoms with van der Waals surface area (Å²) < 4.78 is 0. The van der Waals surface area contributed by atoms with Crippen molar-refractivity contribution in [1.82, 2.24) is 10.2 Å². The van der Waals surface area contributed by atoms with Gasteiger partial charge in [0, 0.05) is 19.1 Å². The monoisotopic (exact) mass is 268 g/mol. The summed E-state index contributed by atoms with van der Waals surface area (Å²) in [5, 5.41) is 12.0. The highest BCUT2D eigenvalue weighted by molar-refractivity contribution is 5.85. The molecule has 2 unspecified atom stereocenters. The number of carboxylic acids is 1. The van der Waals surface area contributed by atoms with Crippen molar-refractivity contribution in [3.05, 3.63) is 12.2 Å². The zero-order valence-electron chi connectivity index (χ0n) is 11.9. The smallest absolute Gasteiger partial charge is 0.307 e. The quantitative estimate of drug-likeness (QED) is 0.708. The molecular weight excluding hydrogens is 244 g/mol. The van der Waals surface area contributed by atoms with Gasteiger partial charge in [-0.25, -0.2) is 0 Å². The Morgan fingerprint density at radius 2 is 1.89 bits per heavy atom. The van der Waals surface area contributed by atoms with Gasteiger partial charge in [-0.15, -0.1) is 0 Å². The molecule has 0 aromatic rings. The van der Waals surface area contributed by atoms with E-state index in [-0.39, 0.29) is 5.91 Å². The normalized spacial score (nSPS) is 22.8. The molecule has 1 aliphatic rings. The molecule has 0 saturated heterocycles. The fourth-order valence-electron chi connectivity index (χ4n) is 2.12. The number of aliphatic carboxylic acids is 1. The average Bonchev–Trinajstić information content (AvgIpc) is 2.38. The third kappa shape index (κ3) is 4.67. The highest BCUT2D eigenvalue weighted by atomic mass is 16.4. The molecule has 2 atom stereocenters. The number of hydrogen-bond acceptors (Lipinski definition) is 3. The van der Waals surface area contributed by atoms with Crippen molar-refractivity contribution in [2.45, 2.75) is 32.7 Å². The zero-order chi connectivity index (χ0) is 14.4. The number of rotatable bonds is 6. The Hall–Kier alpha value is -1.36. The zero-order valence-corrected chi connectivity index (χ0v) is 11.9. The van der Waals surface area contributed by atoms with Crippen LogP contribution in [-0.2, 0) is 9.59 Å². The van der Waals surface area contributed by atoms with Crippen LogP contribution in [0.5, 0.6) is 0 Å². The lowest BCUT2D eigenvalue weighted by Crippen LogP contribution is -2.42. The Morgan fingerprint density at radius 3 is 2.42 bits per heavy atom. The maximum Gasteiger partial charge on any atom is 0.307 e. The predicted molar refractivity (Wildman–Crippen MR) is 73.8 cm³/mol. The molecule has 0 bridgehead atoms. The van der Waals surface area contributed by atoms with E-state index in [1.807, 2.05) is 19.2 Å². The molecule has 0 spiro atoms. The number of allylic oxidation sites excluding steroid dienone is 2. The lowest BCUT2D eigenvalue weighted by molar-refractivity contribution is -0.147. The second-order valence-corrected chi connectivity index (χ2v) is 5.36.